The SMILES string of the molecule is Cn1ccnc(N2CCN(c3ccc(C(F)(F)F)cn3)CC2)c1=O. The predicted molar refractivity (Wildman–Crippen MR) is 83.1 cm³/mol. The van der Waals surface area contributed by atoms with E-state index in [1.165, 1.54) is 10.6 Å². The van der Waals surface area contributed by atoms with Gasteiger partial charge in [0.2, 0.25) is 0 Å². The fourth-order valence-corrected chi connectivity index (χ4v) is 2.59. The fraction of sp³-hybridized carbons (Fsp3) is 0.400. The Morgan fingerprint density at radius 2 is 1.71 bits per heavy atom. The fourth-order valence-electron chi connectivity index (χ4n) is 2.59. The van der Waals surface area contributed by atoms with E-state index in [-0.39, 0.29) is 5.56 Å². The monoisotopic (exact) mass is 339 g/mol. The van der Waals surface area contributed by atoms with E-state index in [9.17, 15) is 18.0 Å². The van der Waals surface area contributed by atoms with Crippen molar-refractivity contribution in [2.75, 3.05) is 36.0 Å². The number of aryl methyl sites for hydroxylation is 1. The molecule has 1 aliphatic rings. The van der Waals surface area contributed by atoms with E-state index >= 15 is 0 Å². The summed E-state index contributed by atoms with van der Waals surface area (Å²) < 4.78 is 39.2. The Kier molecular flexibility index (Phi) is 4.16. The first-order valence-corrected chi connectivity index (χ1v) is 7.41. The summed E-state index contributed by atoms with van der Waals surface area (Å²) in [6.45, 7) is 2.21. The number of nitrogens with zero attached hydrogens (tertiary/aromatic N) is 5. The highest BCUT2D eigenvalue weighted by atomic mass is 19.4. The van der Waals surface area contributed by atoms with Gasteiger partial charge in [0.15, 0.2) is 5.82 Å². The van der Waals surface area contributed by atoms with Crippen molar-refractivity contribution in [2.45, 2.75) is 6.18 Å². The van der Waals surface area contributed by atoms with Gasteiger partial charge in [-0.05, 0) is 12.1 Å². The Balaban J connectivity index is 1.69. The van der Waals surface area contributed by atoms with E-state index in [0.717, 1.165) is 12.3 Å². The third kappa shape index (κ3) is 3.19. The van der Waals surface area contributed by atoms with E-state index < -0.39 is 11.7 Å². The average molecular weight is 339 g/mol. The van der Waals surface area contributed by atoms with Crippen LogP contribution in [-0.2, 0) is 13.2 Å². The van der Waals surface area contributed by atoms with Crippen LogP contribution >= 0.6 is 0 Å². The molecule has 0 spiro atoms. The number of hydrogen-bond donors (Lipinski definition) is 0. The number of anilines is 2. The molecule has 1 fully saturated rings. The summed E-state index contributed by atoms with van der Waals surface area (Å²) in [5, 5.41) is 0. The zero-order valence-electron chi connectivity index (χ0n) is 13.0. The van der Waals surface area contributed by atoms with Gasteiger partial charge in [0.05, 0.1) is 5.56 Å². The average Bonchev–Trinajstić information content (AvgIpc) is 2.57. The molecule has 128 valence electrons. The lowest BCUT2D eigenvalue weighted by Crippen LogP contribution is -2.49. The maximum Gasteiger partial charge on any atom is 0.417 e. The van der Waals surface area contributed by atoms with E-state index in [1.807, 2.05) is 9.80 Å². The second-order valence-electron chi connectivity index (χ2n) is 5.54. The van der Waals surface area contributed by atoms with Crippen LogP contribution < -0.4 is 15.4 Å². The molecule has 0 N–H and O–H groups in total. The summed E-state index contributed by atoms with van der Waals surface area (Å²) in [6, 6.07) is 2.40. The normalized spacial score (nSPS) is 15.7. The van der Waals surface area contributed by atoms with E-state index in [1.54, 1.807) is 19.4 Å². The molecule has 2 aromatic heterocycles. The Morgan fingerprint density at radius 3 is 2.29 bits per heavy atom. The van der Waals surface area contributed by atoms with Crippen LogP contribution in [0.25, 0.3) is 0 Å². The molecule has 0 atom stereocenters. The van der Waals surface area contributed by atoms with Crippen LogP contribution in [0.2, 0.25) is 0 Å². The van der Waals surface area contributed by atoms with Crippen molar-refractivity contribution in [3.63, 3.8) is 0 Å². The first-order valence-electron chi connectivity index (χ1n) is 7.41. The van der Waals surface area contributed by atoms with Gasteiger partial charge >= 0.3 is 6.18 Å². The highest BCUT2D eigenvalue weighted by molar-refractivity contribution is 5.44. The molecule has 24 heavy (non-hydrogen) atoms. The maximum atomic E-state index is 12.6. The standard InChI is InChI=1S/C15H16F3N5O/c1-21-5-4-19-13(14(21)24)23-8-6-22(7-9-23)12-3-2-11(10-20-12)15(16,17)18/h2-5,10H,6-9H2,1H3. The quantitative estimate of drug-likeness (QED) is 0.830. The molecular weight excluding hydrogens is 323 g/mol. The summed E-state index contributed by atoms with van der Waals surface area (Å²) >= 11 is 0. The maximum absolute atomic E-state index is 12.6. The van der Waals surface area contributed by atoms with E-state index in [4.69, 9.17) is 0 Å². The molecule has 0 aliphatic carbocycles. The van der Waals surface area contributed by atoms with Crippen molar-refractivity contribution in [2.24, 2.45) is 7.05 Å². The first-order chi connectivity index (χ1) is 11.4. The van der Waals surface area contributed by atoms with Gasteiger partial charge in [0.1, 0.15) is 5.82 Å². The summed E-state index contributed by atoms with van der Waals surface area (Å²) in [4.78, 5) is 23.9. The molecular formula is C15H16F3N5O. The zero-order chi connectivity index (χ0) is 17.3. The van der Waals surface area contributed by atoms with Gasteiger partial charge in [0, 0.05) is 51.8 Å². The topological polar surface area (TPSA) is 54.3 Å². The van der Waals surface area contributed by atoms with Gasteiger partial charge in [-0.25, -0.2) is 9.97 Å². The van der Waals surface area contributed by atoms with Crippen LogP contribution in [0.4, 0.5) is 24.8 Å². The van der Waals surface area contributed by atoms with Crippen molar-refractivity contribution < 1.29 is 13.2 Å². The van der Waals surface area contributed by atoms with Crippen molar-refractivity contribution in [3.05, 3.63) is 46.6 Å². The van der Waals surface area contributed by atoms with Crippen molar-refractivity contribution in [1.82, 2.24) is 14.5 Å². The highest BCUT2D eigenvalue weighted by Crippen LogP contribution is 2.29. The lowest BCUT2D eigenvalue weighted by molar-refractivity contribution is -0.137. The van der Waals surface area contributed by atoms with Crippen molar-refractivity contribution >= 4 is 11.6 Å². The van der Waals surface area contributed by atoms with Gasteiger partial charge < -0.3 is 14.4 Å². The Labute approximate surface area is 136 Å². The number of hydrogen-bond acceptors (Lipinski definition) is 5. The third-order valence-corrected chi connectivity index (χ3v) is 3.98. The first kappa shape index (κ1) is 16.3. The van der Waals surface area contributed by atoms with Gasteiger partial charge in [-0.15, -0.1) is 0 Å². The zero-order valence-corrected chi connectivity index (χ0v) is 13.0. The van der Waals surface area contributed by atoms with Crippen LogP contribution in [0.15, 0.2) is 35.5 Å². The molecule has 0 bridgehead atoms. The molecule has 2 aromatic rings. The molecule has 0 saturated carbocycles. The lowest BCUT2D eigenvalue weighted by atomic mass is 10.2. The van der Waals surface area contributed by atoms with Crippen LogP contribution in [-0.4, -0.2) is 40.7 Å². The largest absolute Gasteiger partial charge is 0.417 e. The molecule has 9 heteroatoms. The summed E-state index contributed by atoms with van der Waals surface area (Å²) in [5.41, 5.74) is -0.930. The smallest absolute Gasteiger partial charge is 0.353 e. The van der Waals surface area contributed by atoms with Crippen molar-refractivity contribution in [1.29, 1.82) is 0 Å². The number of aromatic nitrogens is 3. The molecule has 1 aliphatic heterocycles. The summed E-state index contributed by atoms with van der Waals surface area (Å²) in [7, 11) is 1.66. The number of rotatable bonds is 2. The van der Waals surface area contributed by atoms with E-state index in [2.05, 4.69) is 9.97 Å². The molecule has 0 amide bonds. The molecule has 0 radical (unpaired) electrons. The predicted octanol–water partition coefficient (Wildman–Crippen LogP) is 1.52. The number of pyridine rings is 1. The van der Waals surface area contributed by atoms with Gasteiger partial charge in [-0.2, -0.15) is 13.2 Å². The second-order valence-corrected chi connectivity index (χ2v) is 5.54. The van der Waals surface area contributed by atoms with Crippen LogP contribution in [0.3, 0.4) is 0 Å². The molecule has 0 unspecified atom stereocenters. The second kappa shape index (κ2) is 6.14. The molecule has 0 aromatic carbocycles. The van der Waals surface area contributed by atoms with E-state index in [0.29, 0.717) is 37.8 Å². The lowest BCUT2D eigenvalue weighted by Gasteiger charge is -2.35. The van der Waals surface area contributed by atoms with Gasteiger partial charge in [-0.1, -0.05) is 0 Å². The highest BCUT2D eigenvalue weighted by Gasteiger charge is 2.31. The Bertz CT molecular complexity index is 764. The van der Waals surface area contributed by atoms with Crippen molar-refractivity contribution in [3.8, 4) is 0 Å². The summed E-state index contributed by atoms with van der Waals surface area (Å²) in [6.07, 6.45) is -0.381. The Morgan fingerprint density at radius 1 is 1.04 bits per heavy atom. The van der Waals surface area contributed by atoms with Gasteiger partial charge in [0.25, 0.3) is 5.56 Å². The number of halogens is 3. The molecule has 3 rings (SSSR count). The van der Waals surface area contributed by atoms with Crippen LogP contribution in [0, 0.1) is 0 Å². The molecule has 6 nitrogen and oxygen atoms in total. The van der Waals surface area contributed by atoms with Crippen LogP contribution in [0.1, 0.15) is 5.56 Å². The minimum Gasteiger partial charge on any atom is -0.353 e. The minimum atomic E-state index is -4.39. The Hall–Kier alpha value is -2.58. The summed E-state index contributed by atoms with van der Waals surface area (Å²) in [5.74, 6) is 0.886. The number of alkyl halides is 3. The van der Waals surface area contributed by atoms with Gasteiger partial charge in [-0.3, -0.25) is 4.79 Å². The molecule has 1 saturated heterocycles. The third-order valence-electron chi connectivity index (χ3n) is 3.98. The molecule has 3 heterocycles. The van der Waals surface area contributed by atoms with Crippen LogP contribution in [0.5, 0.6) is 0 Å². The minimum absolute atomic E-state index is 0.168. The number of piperazine rings is 1.